The third-order valence-corrected chi connectivity index (χ3v) is 2.33. The van der Waals surface area contributed by atoms with Gasteiger partial charge in [-0.15, -0.1) is 0 Å². The maximum atomic E-state index is 10.9. The second-order valence-corrected chi connectivity index (χ2v) is 3.25. The van der Waals surface area contributed by atoms with E-state index >= 15 is 0 Å². The van der Waals surface area contributed by atoms with Crippen LogP contribution in [-0.2, 0) is 0 Å². The molecule has 2 rings (SSSR count). The van der Waals surface area contributed by atoms with Crippen LogP contribution in [0.15, 0.2) is 22.8 Å². The topological polar surface area (TPSA) is 59.7 Å². The molecular weight excluding hydrogens is 196 g/mol. The van der Waals surface area contributed by atoms with E-state index in [2.05, 4.69) is 0 Å². The highest BCUT2D eigenvalue weighted by Crippen LogP contribution is 2.32. The van der Waals surface area contributed by atoms with E-state index in [0.29, 0.717) is 5.58 Å². The standard InChI is InChI=1S/C11H10O4/c1-6-5-15-10-7(6)3-4-8(11(12)13)9(10)14-2/h3-5H,1-2H3,(H,12,13). The molecule has 1 aromatic heterocycles. The van der Waals surface area contributed by atoms with Crippen LogP contribution < -0.4 is 4.74 Å². The normalized spacial score (nSPS) is 10.5. The monoisotopic (exact) mass is 206 g/mol. The predicted molar refractivity (Wildman–Crippen MR) is 54.5 cm³/mol. The molecule has 0 saturated carbocycles. The highest BCUT2D eigenvalue weighted by atomic mass is 16.5. The predicted octanol–water partition coefficient (Wildman–Crippen LogP) is 2.45. The van der Waals surface area contributed by atoms with Gasteiger partial charge in [-0.1, -0.05) is 0 Å². The first-order chi connectivity index (χ1) is 7.15. The van der Waals surface area contributed by atoms with Crippen molar-refractivity contribution in [2.75, 3.05) is 7.11 Å². The fraction of sp³-hybridized carbons (Fsp3) is 0.182. The molecule has 4 heteroatoms. The largest absolute Gasteiger partial charge is 0.492 e. The molecule has 0 amide bonds. The Kier molecular flexibility index (Phi) is 2.11. The summed E-state index contributed by atoms with van der Waals surface area (Å²) in [5.41, 5.74) is 1.55. The van der Waals surface area contributed by atoms with Gasteiger partial charge in [0.2, 0.25) is 0 Å². The molecule has 15 heavy (non-hydrogen) atoms. The van der Waals surface area contributed by atoms with Crippen LogP contribution in [0.4, 0.5) is 0 Å². The van der Waals surface area contributed by atoms with Crippen LogP contribution >= 0.6 is 0 Å². The molecule has 0 bridgehead atoms. The number of benzene rings is 1. The Morgan fingerprint density at radius 2 is 2.20 bits per heavy atom. The van der Waals surface area contributed by atoms with Crippen molar-refractivity contribution in [1.82, 2.24) is 0 Å². The van der Waals surface area contributed by atoms with Gasteiger partial charge < -0.3 is 14.3 Å². The molecule has 0 aliphatic heterocycles. The SMILES string of the molecule is COc1c(C(=O)O)ccc2c(C)coc12. The summed E-state index contributed by atoms with van der Waals surface area (Å²) in [6.45, 7) is 1.89. The Bertz CT molecular complexity index is 525. The molecular formula is C11H10O4. The lowest BCUT2D eigenvalue weighted by Crippen LogP contribution is -2.00. The Morgan fingerprint density at radius 3 is 2.80 bits per heavy atom. The van der Waals surface area contributed by atoms with Gasteiger partial charge in [0.05, 0.1) is 13.4 Å². The number of rotatable bonds is 2. The van der Waals surface area contributed by atoms with Crippen molar-refractivity contribution < 1.29 is 19.1 Å². The van der Waals surface area contributed by atoms with E-state index in [1.165, 1.54) is 13.2 Å². The Balaban J connectivity index is 2.82. The summed E-state index contributed by atoms with van der Waals surface area (Å²) < 4.78 is 10.3. The minimum absolute atomic E-state index is 0.111. The van der Waals surface area contributed by atoms with Gasteiger partial charge in [0.25, 0.3) is 0 Å². The summed E-state index contributed by atoms with van der Waals surface area (Å²) in [6, 6.07) is 3.24. The Labute approximate surface area is 86.1 Å². The van der Waals surface area contributed by atoms with Crippen LogP contribution in [0.3, 0.4) is 0 Å². The zero-order chi connectivity index (χ0) is 11.0. The molecule has 0 saturated heterocycles. The van der Waals surface area contributed by atoms with E-state index in [1.807, 2.05) is 6.92 Å². The molecule has 0 unspecified atom stereocenters. The second kappa shape index (κ2) is 3.31. The summed E-state index contributed by atoms with van der Waals surface area (Å²) in [6.07, 6.45) is 1.58. The minimum Gasteiger partial charge on any atom is -0.492 e. The molecule has 1 aromatic carbocycles. The first kappa shape index (κ1) is 9.58. The fourth-order valence-corrected chi connectivity index (χ4v) is 1.57. The molecule has 1 heterocycles. The van der Waals surface area contributed by atoms with Crippen LogP contribution in [0.2, 0.25) is 0 Å². The first-order valence-electron chi connectivity index (χ1n) is 4.43. The lowest BCUT2D eigenvalue weighted by Gasteiger charge is -2.04. The Morgan fingerprint density at radius 1 is 1.47 bits per heavy atom. The second-order valence-electron chi connectivity index (χ2n) is 3.25. The van der Waals surface area contributed by atoms with Crippen molar-refractivity contribution in [3.8, 4) is 5.75 Å². The molecule has 0 fully saturated rings. The van der Waals surface area contributed by atoms with E-state index in [1.54, 1.807) is 12.3 Å². The first-order valence-corrected chi connectivity index (χ1v) is 4.43. The highest BCUT2D eigenvalue weighted by molar-refractivity contribution is 5.99. The van der Waals surface area contributed by atoms with Crippen molar-refractivity contribution in [3.63, 3.8) is 0 Å². The summed E-state index contributed by atoms with van der Waals surface area (Å²) in [5, 5.41) is 9.81. The van der Waals surface area contributed by atoms with Crippen molar-refractivity contribution >= 4 is 16.9 Å². The summed E-state index contributed by atoms with van der Waals surface area (Å²) in [7, 11) is 1.43. The van der Waals surface area contributed by atoms with Crippen molar-refractivity contribution in [3.05, 3.63) is 29.5 Å². The average Bonchev–Trinajstić information content (AvgIpc) is 2.59. The number of fused-ring (bicyclic) bond motifs is 1. The van der Waals surface area contributed by atoms with E-state index in [9.17, 15) is 4.79 Å². The molecule has 0 radical (unpaired) electrons. The van der Waals surface area contributed by atoms with Crippen LogP contribution in [0, 0.1) is 6.92 Å². The molecule has 2 aromatic rings. The number of hydrogen-bond acceptors (Lipinski definition) is 3. The summed E-state index contributed by atoms with van der Waals surface area (Å²) in [5.74, 6) is -0.754. The Hall–Kier alpha value is -1.97. The van der Waals surface area contributed by atoms with Gasteiger partial charge >= 0.3 is 5.97 Å². The third-order valence-electron chi connectivity index (χ3n) is 2.33. The zero-order valence-corrected chi connectivity index (χ0v) is 8.40. The smallest absolute Gasteiger partial charge is 0.339 e. The lowest BCUT2D eigenvalue weighted by atomic mass is 10.1. The number of furan rings is 1. The van der Waals surface area contributed by atoms with Crippen molar-refractivity contribution in [2.24, 2.45) is 0 Å². The van der Waals surface area contributed by atoms with E-state index in [4.69, 9.17) is 14.3 Å². The van der Waals surface area contributed by atoms with Gasteiger partial charge in [0, 0.05) is 5.39 Å². The van der Waals surface area contributed by atoms with Crippen molar-refractivity contribution in [1.29, 1.82) is 0 Å². The molecule has 0 aliphatic carbocycles. The van der Waals surface area contributed by atoms with Gasteiger partial charge in [-0.3, -0.25) is 0 Å². The van der Waals surface area contributed by atoms with Crippen molar-refractivity contribution in [2.45, 2.75) is 6.92 Å². The number of aryl methyl sites for hydroxylation is 1. The molecule has 0 aliphatic rings. The number of carboxylic acid groups (broad SMARTS) is 1. The third kappa shape index (κ3) is 1.34. The van der Waals surface area contributed by atoms with Crippen LogP contribution in [0.5, 0.6) is 5.75 Å². The molecule has 0 atom stereocenters. The van der Waals surface area contributed by atoms with E-state index in [0.717, 1.165) is 10.9 Å². The molecule has 0 spiro atoms. The van der Waals surface area contributed by atoms with Crippen LogP contribution in [0.1, 0.15) is 15.9 Å². The minimum atomic E-state index is -1.03. The fourth-order valence-electron chi connectivity index (χ4n) is 1.57. The van der Waals surface area contributed by atoms with E-state index in [-0.39, 0.29) is 11.3 Å². The van der Waals surface area contributed by atoms with Gasteiger partial charge in [-0.2, -0.15) is 0 Å². The molecule has 1 N–H and O–H groups in total. The number of hydrogen-bond donors (Lipinski definition) is 1. The highest BCUT2D eigenvalue weighted by Gasteiger charge is 2.17. The average molecular weight is 206 g/mol. The lowest BCUT2D eigenvalue weighted by molar-refractivity contribution is 0.0693. The van der Waals surface area contributed by atoms with Crippen LogP contribution in [-0.4, -0.2) is 18.2 Å². The number of aromatic carboxylic acids is 1. The zero-order valence-electron chi connectivity index (χ0n) is 8.40. The van der Waals surface area contributed by atoms with E-state index < -0.39 is 5.97 Å². The summed E-state index contributed by atoms with van der Waals surface area (Å²) >= 11 is 0. The number of ether oxygens (including phenoxy) is 1. The number of carboxylic acids is 1. The number of carbonyl (C=O) groups is 1. The quantitative estimate of drug-likeness (QED) is 0.819. The maximum Gasteiger partial charge on any atom is 0.339 e. The maximum absolute atomic E-state index is 10.9. The van der Waals surface area contributed by atoms with Gasteiger partial charge in [0.1, 0.15) is 5.56 Å². The number of methoxy groups -OCH3 is 1. The van der Waals surface area contributed by atoms with Gasteiger partial charge in [-0.25, -0.2) is 4.79 Å². The summed E-state index contributed by atoms with van der Waals surface area (Å²) in [4.78, 5) is 10.9. The molecule has 4 nitrogen and oxygen atoms in total. The molecule has 78 valence electrons. The van der Waals surface area contributed by atoms with Gasteiger partial charge in [-0.05, 0) is 24.6 Å². The van der Waals surface area contributed by atoms with Gasteiger partial charge in [0.15, 0.2) is 11.3 Å². The van der Waals surface area contributed by atoms with Crippen LogP contribution in [0.25, 0.3) is 11.0 Å².